The number of nitrogens with zero attached hydrogens (tertiary/aromatic N) is 4. The molecule has 5 rings (SSSR count). The molecule has 1 fully saturated rings. The molecule has 1 aliphatic rings. The van der Waals surface area contributed by atoms with Crippen LogP contribution >= 0.6 is 0 Å². The number of hydrogen-bond acceptors (Lipinski definition) is 5. The van der Waals surface area contributed by atoms with E-state index in [2.05, 4.69) is 28.8 Å². The van der Waals surface area contributed by atoms with E-state index in [1.807, 2.05) is 59.0 Å². The standard InChI is InChI=1S/C30H32N6O2/c1-5-19-16-22(34-29(37)18(2)3)12-13-23(19)26-24(25-27(31)32-17-33-28(25)35(26)4)20-8-10-21(11-9-20)30(38)36-14-6-7-15-36/h8-13,16-17H,2,5-7,14-15H2,1,3-4H3,(H,34,37)(H2,31,32,33). The van der Waals surface area contributed by atoms with Gasteiger partial charge in [-0.3, -0.25) is 9.59 Å². The first-order valence-electron chi connectivity index (χ1n) is 12.9. The van der Waals surface area contributed by atoms with Crippen molar-refractivity contribution >= 4 is 34.4 Å². The van der Waals surface area contributed by atoms with E-state index in [4.69, 9.17) is 5.73 Å². The maximum absolute atomic E-state index is 12.9. The first kappa shape index (κ1) is 25.2. The molecule has 1 aliphatic heterocycles. The third-order valence-electron chi connectivity index (χ3n) is 7.20. The van der Waals surface area contributed by atoms with Crippen LogP contribution < -0.4 is 11.1 Å². The third kappa shape index (κ3) is 4.42. The Balaban J connectivity index is 1.65. The van der Waals surface area contributed by atoms with Gasteiger partial charge >= 0.3 is 0 Å². The van der Waals surface area contributed by atoms with Crippen molar-refractivity contribution in [2.45, 2.75) is 33.1 Å². The van der Waals surface area contributed by atoms with Gasteiger partial charge in [0, 0.05) is 48.1 Å². The number of rotatable bonds is 6. The quantitative estimate of drug-likeness (QED) is 0.348. The largest absolute Gasteiger partial charge is 0.383 e. The number of hydrogen-bond donors (Lipinski definition) is 2. The van der Waals surface area contributed by atoms with E-state index in [-0.39, 0.29) is 11.8 Å². The van der Waals surface area contributed by atoms with Crippen molar-refractivity contribution in [2.75, 3.05) is 24.1 Å². The zero-order chi connectivity index (χ0) is 27.0. The smallest absolute Gasteiger partial charge is 0.253 e. The maximum Gasteiger partial charge on any atom is 0.253 e. The van der Waals surface area contributed by atoms with E-state index < -0.39 is 0 Å². The molecule has 38 heavy (non-hydrogen) atoms. The lowest BCUT2D eigenvalue weighted by atomic mass is 9.94. The number of nitrogens with one attached hydrogen (secondary N) is 1. The Morgan fingerprint density at radius 1 is 1.08 bits per heavy atom. The molecular weight excluding hydrogens is 476 g/mol. The van der Waals surface area contributed by atoms with Gasteiger partial charge in [0.1, 0.15) is 17.8 Å². The van der Waals surface area contributed by atoms with E-state index in [1.54, 1.807) is 6.92 Å². The number of benzene rings is 2. The number of carbonyl (C=O) groups is 2. The molecule has 2 aromatic heterocycles. The van der Waals surface area contributed by atoms with Crippen molar-refractivity contribution < 1.29 is 9.59 Å². The average Bonchev–Trinajstić information content (AvgIpc) is 3.56. The molecule has 3 heterocycles. The lowest BCUT2D eigenvalue weighted by molar-refractivity contribution is -0.112. The van der Waals surface area contributed by atoms with E-state index in [9.17, 15) is 9.59 Å². The number of likely N-dealkylation sites (tertiary alicyclic amines) is 1. The Morgan fingerprint density at radius 2 is 1.79 bits per heavy atom. The fraction of sp³-hybridized carbons (Fsp3) is 0.267. The molecule has 8 nitrogen and oxygen atoms in total. The molecule has 2 amide bonds. The van der Waals surface area contributed by atoms with Crippen LogP contribution in [-0.2, 0) is 18.3 Å². The van der Waals surface area contributed by atoms with E-state index in [1.165, 1.54) is 6.33 Å². The van der Waals surface area contributed by atoms with E-state index in [0.717, 1.165) is 71.3 Å². The van der Waals surface area contributed by atoms with Crippen molar-refractivity contribution in [3.8, 4) is 22.4 Å². The van der Waals surface area contributed by atoms with Gasteiger partial charge < -0.3 is 20.5 Å². The lowest BCUT2D eigenvalue weighted by Crippen LogP contribution is -2.27. The molecule has 0 radical (unpaired) electrons. The summed E-state index contributed by atoms with van der Waals surface area (Å²) in [6, 6.07) is 13.6. The number of anilines is 2. The van der Waals surface area contributed by atoms with Crippen LogP contribution in [0.15, 0.2) is 60.9 Å². The minimum atomic E-state index is -0.211. The molecule has 1 saturated heterocycles. The predicted octanol–water partition coefficient (Wildman–Crippen LogP) is 5.20. The lowest BCUT2D eigenvalue weighted by Gasteiger charge is -2.16. The van der Waals surface area contributed by atoms with Gasteiger partial charge in [0.15, 0.2) is 0 Å². The minimum absolute atomic E-state index is 0.0655. The van der Waals surface area contributed by atoms with Crippen molar-refractivity contribution in [1.29, 1.82) is 0 Å². The summed E-state index contributed by atoms with van der Waals surface area (Å²) in [5.74, 6) is 0.250. The Morgan fingerprint density at radius 3 is 2.45 bits per heavy atom. The first-order chi connectivity index (χ1) is 18.3. The van der Waals surface area contributed by atoms with Gasteiger partial charge in [-0.15, -0.1) is 0 Å². The predicted molar refractivity (Wildman–Crippen MR) is 152 cm³/mol. The summed E-state index contributed by atoms with van der Waals surface area (Å²) in [6.45, 7) is 9.11. The van der Waals surface area contributed by atoms with Crippen LogP contribution in [0.2, 0.25) is 0 Å². The number of carbonyl (C=O) groups excluding carboxylic acids is 2. The molecule has 0 saturated carbocycles. The highest BCUT2D eigenvalue weighted by Gasteiger charge is 2.24. The molecule has 2 aromatic carbocycles. The summed E-state index contributed by atoms with van der Waals surface area (Å²) in [7, 11) is 1.97. The highest BCUT2D eigenvalue weighted by Crippen LogP contribution is 2.43. The van der Waals surface area contributed by atoms with Gasteiger partial charge in [0.25, 0.3) is 11.8 Å². The van der Waals surface area contributed by atoms with Crippen LogP contribution in [0.25, 0.3) is 33.4 Å². The maximum atomic E-state index is 12.9. The molecule has 4 aromatic rings. The molecule has 0 bridgehead atoms. The van der Waals surface area contributed by atoms with Crippen molar-refractivity contribution in [3.05, 3.63) is 72.1 Å². The van der Waals surface area contributed by atoms with Crippen LogP contribution in [0, 0.1) is 0 Å². The zero-order valence-electron chi connectivity index (χ0n) is 22.0. The molecule has 194 valence electrons. The molecule has 0 unspecified atom stereocenters. The van der Waals surface area contributed by atoms with Crippen molar-refractivity contribution in [3.63, 3.8) is 0 Å². The van der Waals surface area contributed by atoms with Gasteiger partial charge in [-0.05, 0) is 61.6 Å². The average molecular weight is 509 g/mol. The SMILES string of the molecule is C=C(C)C(=O)Nc1ccc(-c2c(-c3ccc(C(=O)N4CCCC4)cc3)c3c(N)ncnc3n2C)c(CC)c1. The summed E-state index contributed by atoms with van der Waals surface area (Å²) in [5.41, 5.74) is 13.8. The highest BCUT2D eigenvalue weighted by molar-refractivity contribution is 6.09. The van der Waals surface area contributed by atoms with Crippen LogP contribution in [0.1, 0.15) is 42.6 Å². The second-order valence-electron chi connectivity index (χ2n) is 9.78. The van der Waals surface area contributed by atoms with Crippen LogP contribution in [0.4, 0.5) is 11.5 Å². The minimum Gasteiger partial charge on any atom is -0.383 e. The Bertz CT molecular complexity index is 1560. The normalized spacial score (nSPS) is 13.2. The van der Waals surface area contributed by atoms with Gasteiger partial charge in [-0.1, -0.05) is 31.7 Å². The Labute approximate surface area is 222 Å². The molecule has 8 heteroatoms. The summed E-state index contributed by atoms with van der Waals surface area (Å²) >= 11 is 0. The Kier molecular flexibility index (Phi) is 6.72. The van der Waals surface area contributed by atoms with Crippen LogP contribution in [0.5, 0.6) is 0 Å². The third-order valence-corrected chi connectivity index (χ3v) is 7.20. The number of nitrogen functional groups attached to an aromatic ring is 1. The van der Waals surface area contributed by atoms with Crippen LogP contribution in [-0.4, -0.2) is 44.3 Å². The highest BCUT2D eigenvalue weighted by atomic mass is 16.2. The monoisotopic (exact) mass is 508 g/mol. The first-order valence-corrected chi connectivity index (χ1v) is 12.9. The summed E-state index contributed by atoms with van der Waals surface area (Å²) in [6.07, 6.45) is 4.33. The summed E-state index contributed by atoms with van der Waals surface area (Å²) in [5, 5.41) is 3.68. The molecule has 3 N–H and O–H groups in total. The Hall–Kier alpha value is -4.46. The van der Waals surface area contributed by atoms with Gasteiger partial charge in [-0.2, -0.15) is 0 Å². The summed E-state index contributed by atoms with van der Waals surface area (Å²) in [4.78, 5) is 35.9. The number of fused-ring (bicyclic) bond motifs is 1. The van der Waals surface area contributed by atoms with Gasteiger partial charge in [-0.25, -0.2) is 9.97 Å². The second kappa shape index (κ2) is 10.1. The fourth-order valence-electron chi connectivity index (χ4n) is 5.19. The number of aromatic nitrogens is 3. The van der Waals surface area contributed by atoms with Gasteiger partial charge in [0.05, 0.1) is 11.1 Å². The summed E-state index contributed by atoms with van der Waals surface area (Å²) < 4.78 is 2.03. The van der Waals surface area contributed by atoms with Crippen molar-refractivity contribution in [1.82, 2.24) is 19.4 Å². The molecule has 0 aliphatic carbocycles. The molecule has 0 spiro atoms. The number of aryl methyl sites for hydroxylation is 2. The van der Waals surface area contributed by atoms with Crippen molar-refractivity contribution in [2.24, 2.45) is 7.05 Å². The fourth-order valence-corrected chi connectivity index (χ4v) is 5.19. The van der Waals surface area contributed by atoms with E-state index in [0.29, 0.717) is 22.6 Å². The van der Waals surface area contributed by atoms with Gasteiger partial charge in [0.2, 0.25) is 0 Å². The van der Waals surface area contributed by atoms with E-state index >= 15 is 0 Å². The number of amides is 2. The molecule has 0 atom stereocenters. The topological polar surface area (TPSA) is 106 Å². The number of nitrogens with two attached hydrogens (primary N) is 1. The zero-order valence-corrected chi connectivity index (χ0v) is 22.0. The van der Waals surface area contributed by atoms with Crippen LogP contribution in [0.3, 0.4) is 0 Å². The second-order valence-corrected chi connectivity index (χ2v) is 9.78. The molecular formula is C30H32N6O2.